The van der Waals surface area contributed by atoms with Crippen molar-refractivity contribution in [2.24, 2.45) is 0 Å². The monoisotopic (exact) mass is 451 g/mol. The van der Waals surface area contributed by atoms with E-state index in [1.165, 1.54) is 20.3 Å². The molecule has 1 fully saturated rings. The topological polar surface area (TPSA) is 90.9 Å². The highest BCUT2D eigenvalue weighted by Gasteiger charge is 2.43. The molecule has 1 aromatic rings. The van der Waals surface area contributed by atoms with Gasteiger partial charge in [-0.25, -0.2) is 4.79 Å². The smallest absolute Gasteiger partial charge is 0.338 e. The number of thioether (sulfide) groups is 1. The molecule has 1 N–H and O–H groups in total. The summed E-state index contributed by atoms with van der Waals surface area (Å²) in [5.74, 6) is -0.248. The number of carbonyl (C=O) groups is 3. The van der Waals surface area contributed by atoms with Crippen LogP contribution in [-0.2, 0) is 23.8 Å². The molecule has 0 unspecified atom stereocenters. The van der Waals surface area contributed by atoms with Gasteiger partial charge < -0.3 is 19.5 Å². The van der Waals surface area contributed by atoms with Gasteiger partial charge in [0.15, 0.2) is 6.10 Å². The number of hydrogen-bond donors (Lipinski definition) is 1. The van der Waals surface area contributed by atoms with Gasteiger partial charge >= 0.3 is 11.9 Å². The van der Waals surface area contributed by atoms with Crippen LogP contribution in [-0.4, -0.2) is 53.9 Å². The molecule has 7 nitrogen and oxygen atoms in total. The molecule has 1 aliphatic heterocycles. The average molecular weight is 452 g/mol. The Hall–Kier alpha value is -2.06. The van der Waals surface area contributed by atoms with Crippen LogP contribution in [0.25, 0.3) is 0 Å². The van der Waals surface area contributed by atoms with Crippen molar-refractivity contribution in [1.82, 2.24) is 5.32 Å². The fraction of sp³-hybridized carbons (Fsp3) is 0.609. The second-order valence-electron chi connectivity index (χ2n) is 7.61. The van der Waals surface area contributed by atoms with E-state index in [0.717, 1.165) is 25.0 Å². The molecule has 0 spiro atoms. The maximum absolute atomic E-state index is 12.7. The van der Waals surface area contributed by atoms with E-state index in [-0.39, 0.29) is 12.0 Å². The van der Waals surface area contributed by atoms with Crippen molar-refractivity contribution in [3.8, 4) is 0 Å². The lowest BCUT2D eigenvalue weighted by Gasteiger charge is -2.40. The first-order valence-electron chi connectivity index (χ1n) is 10.9. The summed E-state index contributed by atoms with van der Waals surface area (Å²) in [7, 11) is 0. The average Bonchev–Trinajstić information content (AvgIpc) is 2.74. The number of nitrogens with one attached hydrogen (secondary N) is 1. The molecule has 1 aliphatic rings. The van der Waals surface area contributed by atoms with Crippen LogP contribution >= 0.6 is 11.8 Å². The van der Waals surface area contributed by atoms with Crippen LogP contribution in [0.1, 0.15) is 63.2 Å². The van der Waals surface area contributed by atoms with Crippen LogP contribution in [0.15, 0.2) is 30.3 Å². The molecule has 0 radical (unpaired) electrons. The Morgan fingerprint density at radius 3 is 2.48 bits per heavy atom. The van der Waals surface area contributed by atoms with Gasteiger partial charge in [0.2, 0.25) is 5.91 Å². The molecular weight excluding hydrogens is 418 g/mol. The number of amides is 1. The number of esters is 2. The fourth-order valence-corrected chi connectivity index (χ4v) is 4.62. The third kappa shape index (κ3) is 8.91. The minimum absolute atomic E-state index is 0.160. The van der Waals surface area contributed by atoms with E-state index in [4.69, 9.17) is 14.2 Å². The lowest BCUT2D eigenvalue weighted by atomic mass is 10.0. The minimum Gasteiger partial charge on any atom is -0.455 e. The normalized spacial score (nSPS) is 23.1. The van der Waals surface area contributed by atoms with Crippen LogP contribution in [0.3, 0.4) is 0 Å². The van der Waals surface area contributed by atoms with Crippen LogP contribution in [0.2, 0.25) is 0 Å². The summed E-state index contributed by atoms with van der Waals surface area (Å²) < 4.78 is 17.5. The maximum Gasteiger partial charge on any atom is 0.338 e. The van der Waals surface area contributed by atoms with Crippen LogP contribution in [0.5, 0.6) is 0 Å². The quantitative estimate of drug-likeness (QED) is 0.405. The number of ether oxygens (including phenoxy) is 3. The lowest BCUT2D eigenvalue weighted by molar-refractivity contribution is -0.178. The Kier molecular flexibility index (Phi) is 10.9. The van der Waals surface area contributed by atoms with E-state index in [0.29, 0.717) is 18.5 Å². The van der Waals surface area contributed by atoms with Gasteiger partial charge in [-0.05, 0) is 24.3 Å². The van der Waals surface area contributed by atoms with Gasteiger partial charge in [-0.15, -0.1) is 11.8 Å². The molecule has 0 saturated carbocycles. The first-order chi connectivity index (χ1) is 14.9. The zero-order valence-electron chi connectivity index (χ0n) is 18.5. The van der Waals surface area contributed by atoms with Crippen LogP contribution < -0.4 is 5.32 Å². The number of carbonyl (C=O) groups excluding carboxylic acids is 3. The van der Waals surface area contributed by atoms with E-state index < -0.39 is 29.6 Å². The van der Waals surface area contributed by atoms with Crippen LogP contribution in [0.4, 0.5) is 0 Å². The zero-order chi connectivity index (χ0) is 22.6. The summed E-state index contributed by atoms with van der Waals surface area (Å²) >= 11 is 1.56. The minimum atomic E-state index is -0.713. The van der Waals surface area contributed by atoms with Crippen molar-refractivity contribution < 1.29 is 28.6 Å². The van der Waals surface area contributed by atoms with Gasteiger partial charge in [-0.2, -0.15) is 0 Å². The summed E-state index contributed by atoms with van der Waals surface area (Å²) in [4.78, 5) is 35.8. The summed E-state index contributed by atoms with van der Waals surface area (Å²) in [6.45, 7) is 5.24. The molecule has 2 rings (SSSR count). The van der Waals surface area contributed by atoms with Gasteiger partial charge in [0.1, 0.15) is 11.5 Å². The molecule has 4 atom stereocenters. The number of rotatable bonds is 11. The molecule has 8 heteroatoms. The lowest BCUT2D eigenvalue weighted by Crippen LogP contribution is -2.53. The molecule has 0 bridgehead atoms. The van der Waals surface area contributed by atoms with Crippen molar-refractivity contribution in [3.63, 3.8) is 0 Å². The number of unbranched alkanes of at least 4 members (excludes halogenated alkanes) is 3. The summed E-state index contributed by atoms with van der Waals surface area (Å²) in [6, 6.07) is 8.70. The van der Waals surface area contributed by atoms with Crippen molar-refractivity contribution in [1.29, 1.82) is 0 Å². The molecule has 0 aromatic heterocycles. The first-order valence-corrected chi connectivity index (χ1v) is 11.9. The van der Waals surface area contributed by atoms with E-state index in [9.17, 15) is 14.4 Å². The second-order valence-corrected chi connectivity index (χ2v) is 8.82. The Bertz CT molecular complexity index is 713. The third-order valence-corrected chi connectivity index (χ3v) is 6.12. The Balaban J connectivity index is 2.13. The molecule has 1 heterocycles. The standard InChI is InChI=1S/C23H33NO6S/c1-4-5-6-10-13-31-23-21(28-17(3)26)20(14-19(29-23)15-24-16(2)25)30-22(27)18-11-8-7-9-12-18/h7-9,11-12,19-21,23H,4-6,10,13-15H2,1-3H3,(H,24,25)/t19-,20-,21-,23+/m0/s1. The predicted molar refractivity (Wildman–Crippen MR) is 120 cm³/mol. The SMILES string of the molecule is CCCCCCS[C@H]1O[C@H](CNC(C)=O)C[C@H](OC(=O)c2ccccc2)[C@@H]1OC(C)=O. The van der Waals surface area contributed by atoms with E-state index >= 15 is 0 Å². The van der Waals surface area contributed by atoms with Crippen molar-refractivity contribution in [3.05, 3.63) is 35.9 Å². The van der Waals surface area contributed by atoms with Gasteiger partial charge in [0.05, 0.1) is 11.7 Å². The van der Waals surface area contributed by atoms with E-state index in [1.807, 2.05) is 6.07 Å². The summed E-state index contributed by atoms with van der Waals surface area (Å²) in [5.41, 5.74) is -0.0515. The van der Waals surface area contributed by atoms with Gasteiger partial charge in [0.25, 0.3) is 0 Å². The van der Waals surface area contributed by atoms with E-state index in [1.54, 1.807) is 36.0 Å². The molecule has 0 aliphatic carbocycles. The Labute approximate surface area is 188 Å². The van der Waals surface area contributed by atoms with Crippen molar-refractivity contribution in [2.75, 3.05) is 12.3 Å². The second kappa shape index (κ2) is 13.4. The van der Waals surface area contributed by atoms with Crippen molar-refractivity contribution in [2.45, 2.75) is 76.6 Å². The van der Waals surface area contributed by atoms with Gasteiger partial charge in [-0.3, -0.25) is 9.59 Å². The number of benzene rings is 1. The summed E-state index contributed by atoms with van der Waals surface area (Å²) in [5, 5.41) is 2.76. The molecular formula is C23H33NO6S. The predicted octanol–water partition coefficient (Wildman–Crippen LogP) is 3.71. The maximum atomic E-state index is 12.7. The van der Waals surface area contributed by atoms with E-state index in [2.05, 4.69) is 12.2 Å². The third-order valence-electron chi connectivity index (χ3n) is 4.89. The zero-order valence-corrected chi connectivity index (χ0v) is 19.3. The number of hydrogen-bond acceptors (Lipinski definition) is 7. The molecule has 1 amide bonds. The highest BCUT2D eigenvalue weighted by atomic mass is 32.2. The summed E-state index contributed by atoms with van der Waals surface area (Å²) in [6.07, 6.45) is 3.05. The van der Waals surface area contributed by atoms with Crippen molar-refractivity contribution >= 4 is 29.6 Å². The molecule has 172 valence electrons. The fourth-order valence-electron chi connectivity index (χ4n) is 3.36. The highest BCUT2D eigenvalue weighted by molar-refractivity contribution is 7.99. The molecule has 31 heavy (non-hydrogen) atoms. The molecule has 1 saturated heterocycles. The van der Waals surface area contributed by atoms with Crippen LogP contribution in [0, 0.1) is 0 Å². The Morgan fingerprint density at radius 2 is 1.84 bits per heavy atom. The Morgan fingerprint density at radius 1 is 1.10 bits per heavy atom. The first kappa shape index (κ1) is 25.2. The van der Waals surface area contributed by atoms with Gasteiger partial charge in [0, 0.05) is 26.8 Å². The largest absolute Gasteiger partial charge is 0.455 e. The molecule has 1 aromatic carbocycles. The highest BCUT2D eigenvalue weighted by Crippen LogP contribution is 2.33. The van der Waals surface area contributed by atoms with Gasteiger partial charge in [-0.1, -0.05) is 44.4 Å².